The van der Waals surface area contributed by atoms with Crippen LogP contribution in [0.1, 0.15) is 77.6 Å². The van der Waals surface area contributed by atoms with E-state index >= 15 is 0 Å². The van der Waals surface area contributed by atoms with Crippen LogP contribution in [0, 0.1) is 17.8 Å². The van der Waals surface area contributed by atoms with Gasteiger partial charge >= 0.3 is 0 Å². The zero-order chi connectivity index (χ0) is 10.5. The van der Waals surface area contributed by atoms with Crippen molar-refractivity contribution in [3.05, 3.63) is 0 Å². The summed E-state index contributed by atoms with van der Waals surface area (Å²) in [5, 5.41) is 0. The number of rotatable bonds is 5. The lowest BCUT2D eigenvalue weighted by Gasteiger charge is -2.29. The van der Waals surface area contributed by atoms with E-state index < -0.39 is 0 Å². The maximum absolute atomic E-state index is 2.31. The molecule has 0 spiro atoms. The highest BCUT2D eigenvalue weighted by atomic mass is 14.4. The topological polar surface area (TPSA) is 0 Å². The van der Waals surface area contributed by atoms with Gasteiger partial charge in [-0.1, -0.05) is 58.3 Å². The predicted molar refractivity (Wildman–Crippen MR) is 66.9 cm³/mol. The van der Waals surface area contributed by atoms with Crippen molar-refractivity contribution in [3.63, 3.8) is 0 Å². The van der Waals surface area contributed by atoms with Crippen LogP contribution in [-0.4, -0.2) is 0 Å². The highest BCUT2D eigenvalue weighted by molar-refractivity contribution is 4.87. The summed E-state index contributed by atoms with van der Waals surface area (Å²) in [6, 6.07) is 0. The van der Waals surface area contributed by atoms with Crippen LogP contribution in [0.3, 0.4) is 0 Å². The summed E-state index contributed by atoms with van der Waals surface area (Å²) in [5.41, 5.74) is 0. The van der Waals surface area contributed by atoms with Gasteiger partial charge in [-0.2, -0.15) is 0 Å². The van der Waals surface area contributed by atoms with Gasteiger partial charge in [0.15, 0.2) is 0 Å². The lowest BCUT2D eigenvalue weighted by Crippen LogP contribution is -2.19. The highest BCUT2D eigenvalue weighted by Gasteiger charge is 2.36. The Morgan fingerprint density at radius 1 is 0.867 bits per heavy atom. The van der Waals surface area contributed by atoms with E-state index in [0.717, 1.165) is 17.8 Å². The van der Waals surface area contributed by atoms with Crippen LogP contribution in [0.4, 0.5) is 0 Å². The second-order valence-electron chi connectivity index (χ2n) is 5.90. The Labute approximate surface area is 95.8 Å². The first-order chi connectivity index (χ1) is 7.42. The van der Waals surface area contributed by atoms with E-state index in [9.17, 15) is 0 Å². The molecule has 88 valence electrons. The van der Waals surface area contributed by atoms with Gasteiger partial charge in [0.2, 0.25) is 0 Å². The first-order valence-corrected chi connectivity index (χ1v) is 7.42. The molecule has 0 N–H and O–H groups in total. The Morgan fingerprint density at radius 3 is 2.60 bits per heavy atom. The zero-order valence-electron chi connectivity index (χ0n) is 10.5. The zero-order valence-corrected chi connectivity index (χ0v) is 10.5. The molecule has 2 saturated carbocycles. The molecule has 0 aromatic rings. The second-order valence-corrected chi connectivity index (χ2v) is 5.90. The van der Waals surface area contributed by atoms with Gasteiger partial charge in [0, 0.05) is 0 Å². The molecule has 0 heterocycles. The van der Waals surface area contributed by atoms with Gasteiger partial charge in [-0.25, -0.2) is 0 Å². The minimum absolute atomic E-state index is 1.13. The molecule has 0 heteroatoms. The molecule has 0 radical (unpaired) electrons. The molecular formula is C15H28. The maximum Gasteiger partial charge on any atom is -0.0357 e. The fourth-order valence-corrected chi connectivity index (χ4v) is 4.05. The molecule has 3 atom stereocenters. The van der Waals surface area contributed by atoms with Crippen LogP contribution in [-0.2, 0) is 0 Å². The number of fused-ring (bicyclic) bond motifs is 1. The predicted octanol–water partition coefficient (Wildman–Crippen LogP) is 5.17. The van der Waals surface area contributed by atoms with E-state index in [-0.39, 0.29) is 0 Å². The van der Waals surface area contributed by atoms with Gasteiger partial charge in [-0.15, -0.1) is 0 Å². The fraction of sp³-hybridized carbons (Fsp3) is 1.00. The lowest BCUT2D eigenvalue weighted by molar-refractivity contribution is 0.218. The Kier molecular flexibility index (Phi) is 4.53. The summed E-state index contributed by atoms with van der Waals surface area (Å²) in [6.45, 7) is 2.31. The Hall–Kier alpha value is 0. The Balaban J connectivity index is 1.69. The molecule has 2 fully saturated rings. The summed E-state index contributed by atoms with van der Waals surface area (Å²) in [5.74, 6) is 3.43. The molecule has 0 aromatic carbocycles. The molecule has 0 aromatic heterocycles. The third-order valence-electron chi connectivity index (χ3n) is 4.91. The molecule has 2 aliphatic carbocycles. The van der Waals surface area contributed by atoms with Crippen LogP contribution in [0.15, 0.2) is 0 Å². The SMILES string of the molecule is CCCCCCC1CCC2CCCCC12. The highest BCUT2D eigenvalue weighted by Crippen LogP contribution is 2.47. The van der Waals surface area contributed by atoms with Crippen molar-refractivity contribution in [2.45, 2.75) is 77.6 Å². The molecule has 2 aliphatic rings. The molecule has 2 rings (SSSR count). The van der Waals surface area contributed by atoms with Gasteiger partial charge in [0.25, 0.3) is 0 Å². The summed E-state index contributed by atoms with van der Waals surface area (Å²) >= 11 is 0. The van der Waals surface area contributed by atoms with Gasteiger partial charge in [-0.3, -0.25) is 0 Å². The maximum atomic E-state index is 2.31. The van der Waals surface area contributed by atoms with Gasteiger partial charge in [0.05, 0.1) is 0 Å². The van der Waals surface area contributed by atoms with E-state index in [4.69, 9.17) is 0 Å². The molecular weight excluding hydrogens is 180 g/mol. The van der Waals surface area contributed by atoms with Crippen molar-refractivity contribution in [2.24, 2.45) is 17.8 Å². The van der Waals surface area contributed by atoms with Crippen molar-refractivity contribution in [3.8, 4) is 0 Å². The summed E-state index contributed by atoms with van der Waals surface area (Å²) < 4.78 is 0. The summed E-state index contributed by atoms with van der Waals surface area (Å²) in [7, 11) is 0. The first-order valence-electron chi connectivity index (χ1n) is 7.42. The quantitative estimate of drug-likeness (QED) is 0.547. The van der Waals surface area contributed by atoms with Crippen molar-refractivity contribution < 1.29 is 0 Å². The van der Waals surface area contributed by atoms with Crippen molar-refractivity contribution >= 4 is 0 Å². The van der Waals surface area contributed by atoms with E-state index in [2.05, 4.69) is 6.92 Å². The van der Waals surface area contributed by atoms with E-state index in [1.54, 1.807) is 32.1 Å². The Bertz CT molecular complexity index is 173. The normalized spacial score (nSPS) is 35.4. The number of hydrogen-bond acceptors (Lipinski definition) is 0. The lowest BCUT2D eigenvalue weighted by atomic mass is 9.77. The molecule has 0 amide bonds. The monoisotopic (exact) mass is 208 g/mol. The second kappa shape index (κ2) is 5.92. The molecule has 0 aliphatic heterocycles. The Morgan fingerprint density at radius 2 is 1.73 bits per heavy atom. The van der Waals surface area contributed by atoms with E-state index in [1.807, 2.05) is 0 Å². The number of hydrogen-bond donors (Lipinski definition) is 0. The molecule has 0 bridgehead atoms. The smallest absolute Gasteiger partial charge is 0.0357 e. The molecule has 15 heavy (non-hydrogen) atoms. The fourth-order valence-electron chi connectivity index (χ4n) is 4.05. The van der Waals surface area contributed by atoms with Crippen LogP contribution >= 0.6 is 0 Å². The van der Waals surface area contributed by atoms with Gasteiger partial charge in [0.1, 0.15) is 0 Å². The molecule has 3 unspecified atom stereocenters. The summed E-state index contributed by atoms with van der Waals surface area (Å²) in [6.07, 6.45) is 16.8. The third-order valence-corrected chi connectivity index (χ3v) is 4.91. The van der Waals surface area contributed by atoms with Crippen LogP contribution < -0.4 is 0 Å². The largest absolute Gasteiger partial charge is 0.0654 e. The first kappa shape index (κ1) is 11.5. The van der Waals surface area contributed by atoms with Crippen molar-refractivity contribution in [2.75, 3.05) is 0 Å². The van der Waals surface area contributed by atoms with Crippen LogP contribution in [0.5, 0.6) is 0 Å². The number of unbranched alkanes of at least 4 members (excludes halogenated alkanes) is 3. The summed E-state index contributed by atoms with van der Waals surface area (Å²) in [4.78, 5) is 0. The van der Waals surface area contributed by atoms with E-state index in [1.165, 1.54) is 38.5 Å². The third kappa shape index (κ3) is 2.98. The van der Waals surface area contributed by atoms with Crippen molar-refractivity contribution in [1.29, 1.82) is 0 Å². The van der Waals surface area contributed by atoms with Crippen LogP contribution in [0.2, 0.25) is 0 Å². The average molecular weight is 208 g/mol. The van der Waals surface area contributed by atoms with Crippen LogP contribution in [0.25, 0.3) is 0 Å². The minimum atomic E-state index is 1.13. The van der Waals surface area contributed by atoms with E-state index in [0.29, 0.717) is 0 Å². The molecule has 0 saturated heterocycles. The standard InChI is InChI=1S/C15H28/c1-2-3-4-5-8-13-11-12-14-9-6-7-10-15(13)14/h13-15H,2-12H2,1H3. The minimum Gasteiger partial charge on any atom is -0.0654 e. The molecule has 0 nitrogen and oxygen atoms in total. The van der Waals surface area contributed by atoms with Gasteiger partial charge in [-0.05, 0) is 37.0 Å². The average Bonchev–Trinajstić information content (AvgIpc) is 2.68. The van der Waals surface area contributed by atoms with Gasteiger partial charge < -0.3 is 0 Å². The van der Waals surface area contributed by atoms with Crippen molar-refractivity contribution in [1.82, 2.24) is 0 Å².